The zero-order valence-corrected chi connectivity index (χ0v) is 10.6. The van der Waals surface area contributed by atoms with Gasteiger partial charge in [0.1, 0.15) is 5.75 Å². The van der Waals surface area contributed by atoms with Gasteiger partial charge in [-0.25, -0.2) is 0 Å². The Balaban J connectivity index is 2.13. The molecule has 1 amide bonds. The molecule has 0 aliphatic carbocycles. The lowest BCUT2D eigenvalue weighted by atomic mass is 9.97. The molecule has 3 N–H and O–H groups in total. The predicted octanol–water partition coefficient (Wildman–Crippen LogP) is 2.35. The number of phenols is 1. The molecule has 20 heavy (non-hydrogen) atoms. The highest BCUT2D eigenvalue weighted by molar-refractivity contribution is 5.94. The maximum Gasteiger partial charge on any atom is 0.416 e. The quantitative estimate of drug-likeness (QED) is 0.732. The Morgan fingerprint density at radius 1 is 1.30 bits per heavy atom. The molecule has 1 aliphatic heterocycles. The van der Waals surface area contributed by atoms with Gasteiger partial charge in [0.25, 0.3) is 0 Å². The summed E-state index contributed by atoms with van der Waals surface area (Å²) in [4.78, 5) is 11.9. The number of carbonyl (C=O) groups is 1. The minimum atomic E-state index is -4.51. The summed E-state index contributed by atoms with van der Waals surface area (Å²) in [6.45, 7) is 1.40. The molecule has 1 saturated heterocycles. The van der Waals surface area contributed by atoms with E-state index < -0.39 is 11.7 Å². The van der Waals surface area contributed by atoms with Gasteiger partial charge in [-0.3, -0.25) is 4.79 Å². The van der Waals surface area contributed by atoms with Crippen molar-refractivity contribution in [2.45, 2.75) is 19.0 Å². The lowest BCUT2D eigenvalue weighted by Crippen LogP contribution is -2.34. The van der Waals surface area contributed by atoms with Crippen LogP contribution in [0.15, 0.2) is 18.2 Å². The molecule has 2 rings (SSSR count). The number of halogens is 3. The van der Waals surface area contributed by atoms with Gasteiger partial charge in [0.15, 0.2) is 0 Å². The minimum Gasteiger partial charge on any atom is -0.506 e. The van der Waals surface area contributed by atoms with Crippen LogP contribution in [0.25, 0.3) is 0 Å². The highest BCUT2D eigenvalue weighted by atomic mass is 19.4. The molecule has 0 spiro atoms. The molecule has 0 unspecified atom stereocenters. The molecule has 7 heteroatoms. The van der Waals surface area contributed by atoms with Gasteiger partial charge in [-0.05, 0) is 44.1 Å². The zero-order chi connectivity index (χ0) is 14.8. The first-order valence-electron chi connectivity index (χ1n) is 6.29. The molecule has 1 heterocycles. The average Bonchev–Trinajstić information content (AvgIpc) is 2.41. The standard InChI is InChI=1S/C13H15F3N2O2/c14-13(15,16)9-1-2-11(19)10(7-9)18-12(20)8-3-5-17-6-4-8/h1-2,7-8,17,19H,3-6H2,(H,18,20). The molecule has 1 aliphatic rings. The van der Waals surface area contributed by atoms with Crippen molar-refractivity contribution in [1.29, 1.82) is 0 Å². The molecule has 110 valence electrons. The van der Waals surface area contributed by atoms with Crippen LogP contribution in [0.4, 0.5) is 18.9 Å². The Morgan fingerprint density at radius 3 is 2.55 bits per heavy atom. The fraction of sp³-hybridized carbons (Fsp3) is 0.462. The molecular formula is C13H15F3N2O2. The molecule has 4 nitrogen and oxygen atoms in total. The maximum absolute atomic E-state index is 12.6. The van der Waals surface area contributed by atoms with Gasteiger partial charge < -0.3 is 15.7 Å². The fourth-order valence-electron chi connectivity index (χ4n) is 2.13. The van der Waals surface area contributed by atoms with E-state index in [2.05, 4.69) is 10.6 Å². The van der Waals surface area contributed by atoms with Crippen molar-refractivity contribution < 1.29 is 23.1 Å². The smallest absolute Gasteiger partial charge is 0.416 e. The highest BCUT2D eigenvalue weighted by Gasteiger charge is 2.31. The van der Waals surface area contributed by atoms with E-state index in [1.165, 1.54) is 0 Å². The van der Waals surface area contributed by atoms with Gasteiger partial charge in [0, 0.05) is 5.92 Å². The second kappa shape index (κ2) is 5.70. The van der Waals surface area contributed by atoms with Gasteiger partial charge in [0.2, 0.25) is 5.91 Å². The highest BCUT2D eigenvalue weighted by Crippen LogP contribution is 2.34. The average molecular weight is 288 g/mol. The minimum absolute atomic E-state index is 0.205. The van der Waals surface area contributed by atoms with E-state index in [1.54, 1.807) is 0 Å². The first kappa shape index (κ1) is 14.6. The number of hydrogen-bond acceptors (Lipinski definition) is 3. The molecule has 1 aromatic rings. The number of hydrogen-bond donors (Lipinski definition) is 3. The van der Waals surface area contributed by atoms with Crippen LogP contribution in [-0.4, -0.2) is 24.1 Å². The summed E-state index contributed by atoms with van der Waals surface area (Å²) in [5.74, 6) is -0.980. The number of aromatic hydroxyl groups is 1. The first-order valence-corrected chi connectivity index (χ1v) is 6.29. The summed E-state index contributed by atoms with van der Waals surface area (Å²) in [6.07, 6.45) is -3.25. The van der Waals surface area contributed by atoms with Crippen molar-refractivity contribution in [1.82, 2.24) is 5.32 Å². The van der Waals surface area contributed by atoms with Crippen molar-refractivity contribution in [3.8, 4) is 5.75 Å². The van der Waals surface area contributed by atoms with Crippen LogP contribution in [0.1, 0.15) is 18.4 Å². The molecule has 0 aromatic heterocycles. The topological polar surface area (TPSA) is 61.4 Å². The van der Waals surface area contributed by atoms with E-state index in [9.17, 15) is 23.1 Å². The van der Waals surface area contributed by atoms with Crippen LogP contribution >= 0.6 is 0 Å². The van der Waals surface area contributed by atoms with E-state index in [-0.39, 0.29) is 23.3 Å². The third-order valence-corrected chi connectivity index (χ3v) is 3.29. The Hall–Kier alpha value is -1.76. The van der Waals surface area contributed by atoms with E-state index in [4.69, 9.17) is 0 Å². The van der Waals surface area contributed by atoms with Crippen LogP contribution in [0.2, 0.25) is 0 Å². The van der Waals surface area contributed by atoms with E-state index in [1.807, 2.05) is 0 Å². The number of amides is 1. The van der Waals surface area contributed by atoms with Gasteiger partial charge in [0.05, 0.1) is 11.3 Å². The lowest BCUT2D eigenvalue weighted by Gasteiger charge is -2.22. The van der Waals surface area contributed by atoms with Crippen molar-refractivity contribution >= 4 is 11.6 Å². The number of benzene rings is 1. The van der Waals surface area contributed by atoms with Gasteiger partial charge in [-0.1, -0.05) is 0 Å². The third kappa shape index (κ3) is 3.41. The van der Waals surface area contributed by atoms with E-state index >= 15 is 0 Å². The number of anilines is 1. The van der Waals surface area contributed by atoms with Crippen molar-refractivity contribution in [2.24, 2.45) is 5.92 Å². The molecule has 1 fully saturated rings. The second-order valence-corrected chi connectivity index (χ2v) is 4.74. The predicted molar refractivity (Wildman–Crippen MR) is 67.3 cm³/mol. The van der Waals surface area contributed by atoms with Gasteiger partial charge >= 0.3 is 6.18 Å². The summed E-state index contributed by atoms with van der Waals surface area (Å²) < 4.78 is 37.8. The summed E-state index contributed by atoms with van der Waals surface area (Å²) in [6, 6.07) is 2.45. The summed E-state index contributed by atoms with van der Waals surface area (Å²) in [5.41, 5.74) is -1.11. The van der Waals surface area contributed by atoms with Gasteiger partial charge in [-0.2, -0.15) is 13.2 Å². The molecular weight excluding hydrogens is 273 g/mol. The normalized spacial score (nSPS) is 16.9. The Labute approximate surface area is 114 Å². The summed E-state index contributed by atoms with van der Waals surface area (Å²) in [7, 11) is 0. The molecule has 0 saturated carbocycles. The summed E-state index contributed by atoms with van der Waals surface area (Å²) in [5, 5.41) is 15.0. The second-order valence-electron chi connectivity index (χ2n) is 4.74. The number of carbonyl (C=O) groups excluding carboxylic acids is 1. The number of nitrogens with one attached hydrogen (secondary N) is 2. The van der Waals surface area contributed by atoms with Crippen molar-refractivity contribution in [2.75, 3.05) is 18.4 Å². The Morgan fingerprint density at radius 2 is 1.95 bits per heavy atom. The SMILES string of the molecule is O=C(Nc1cc(C(F)(F)F)ccc1O)C1CCNCC1. The monoisotopic (exact) mass is 288 g/mol. The van der Waals surface area contributed by atoms with Crippen molar-refractivity contribution in [3.63, 3.8) is 0 Å². The third-order valence-electron chi connectivity index (χ3n) is 3.29. The summed E-state index contributed by atoms with van der Waals surface area (Å²) >= 11 is 0. The van der Waals surface area contributed by atoms with Crippen LogP contribution in [0.3, 0.4) is 0 Å². The number of alkyl halides is 3. The van der Waals surface area contributed by atoms with Crippen LogP contribution in [-0.2, 0) is 11.0 Å². The van der Waals surface area contributed by atoms with Gasteiger partial charge in [-0.15, -0.1) is 0 Å². The Bertz CT molecular complexity index is 497. The number of rotatable bonds is 2. The number of piperidine rings is 1. The van der Waals surface area contributed by atoms with Crippen LogP contribution in [0.5, 0.6) is 5.75 Å². The number of phenolic OH excluding ortho intramolecular Hbond substituents is 1. The lowest BCUT2D eigenvalue weighted by molar-refractivity contribution is -0.137. The fourth-order valence-corrected chi connectivity index (χ4v) is 2.13. The largest absolute Gasteiger partial charge is 0.506 e. The molecule has 0 bridgehead atoms. The van der Waals surface area contributed by atoms with Crippen LogP contribution in [0, 0.1) is 5.92 Å². The first-order chi connectivity index (χ1) is 9.38. The molecule has 0 atom stereocenters. The Kier molecular flexibility index (Phi) is 4.17. The van der Waals surface area contributed by atoms with E-state index in [0.29, 0.717) is 25.9 Å². The zero-order valence-electron chi connectivity index (χ0n) is 10.6. The van der Waals surface area contributed by atoms with Crippen molar-refractivity contribution in [3.05, 3.63) is 23.8 Å². The van der Waals surface area contributed by atoms with E-state index in [0.717, 1.165) is 18.2 Å². The maximum atomic E-state index is 12.6. The van der Waals surface area contributed by atoms with Crippen LogP contribution < -0.4 is 10.6 Å². The molecule has 0 radical (unpaired) electrons. The molecule has 1 aromatic carbocycles.